The number of nitrogens with zero attached hydrogens (tertiary/aromatic N) is 1. The Morgan fingerprint density at radius 2 is 2.18 bits per heavy atom. The molecule has 5 nitrogen and oxygen atoms in total. The lowest BCUT2D eigenvalue weighted by Gasteiger charge is -2.35. The number of rotatable bonds is 2. The molecule has 2 unspecified atom stereocenters. The molecule has 2 fully saturated rings. The van der Waals surface area contributed by atoms with Crippen molar-refractivity contribution in [3.63, 3.8) is 0 Å². The van der Waals surface area contributed by atoms with E-state index in [4.69, 9.17) is 9.84 Å². The van der Waals surface area contributed by atoms with E-state index in [1.165, 1.54) is 0 Å². The van der Waals surface area contributed by atoms with Gasteiger partial charge < -0.3 is 14.7 Å². The normalized spacial score (nSPS) is 33.7. The molecule has 17 heavy (non-hydrogen) atoms. The van der Waals surface area contributed by atoms with Gasteiger partial charge in [0.05, 0.1) is 5.92 Å². The molecular formula is C12H19NO4. The molecule has 0 aromatic rings. The smallest absolute Gasteiger partial charge is 0.308 e. The van der Waals surface area contributed by atoms with Crippen LogP contribution >= 0.6 is 0 Å². The number of carbonyl (C=O) groups is 2. The first-order valence-electron chi connectivity index (χ1n) is 6.19. The van der Waals surface area contributed by atoms with Gasteiger partial charge in [-0.15, -0.1) is 0 Å². The SMILES string of the molecule is CC1(C(=O)N2CCCC(C(=O)O)C2)CCCO1. The number of hydrogen-bond donors (Lipinski definition) is 1. The van der Waals surface area contributed by atoms with Gasteiger partial charge in [-0.2, -0.15) is 0 Å². The van der Waals surface area contributed by atoms with E-state index in [0.717, 1.165) is 19.3 Å². The minimum atomic E-state index is -0.806. The van der Waals surface area contributed by atoms with Crippen molar-refractivity contribution >= 4 is 11.9 Å². The minimum Gasteiger partial charge on any atom is -0.481 e. The van der Waals surface area contributed by atoms with Crippen LogP contribution in [0.15, 0.2) is 0 Å². The fraction of sp³-hybridized carbons (Fsp3) is 0.833. The summed E-state index contributed by atoms with van der Waals surface area (Å²) in [6, 6.07) is 0. The molecular weight excluding hydrogens is 222 g/mol. The zero-order valence-electron chi connectivity index (χ0n) is 10.1. The number of carboxylic acids is 1. The van der Waals surface area contributed by atoms with Crippen LogP contribution < -0.4 is 0 Å². The van der Waals surface area contributed by atoms with Gasteiger partial charge in [-0.25, -0.2) is 0 Å². The fourth-order valence-corrected chi connectivity index (χ4v) is 2.65. The maximum atomic E-state index is 12.3. The number of hydrogen-bond acceptors (Lipinski definition) is 3. The number of ether oxygens (including phenoxy) is 1. The first-order valence-corrected chi connectivity index (χ1v) is 6.19. The number of likely N-dealkylation sites (tertiary alicyclic amines) is 1. The van der Waals surface area contributed by atoms with Gasteiger partial charge in [-0.1, -0.05) is 0 Å². The van der Waals surface area contributed by atoms with E-state index >= 15 is 0 Å². The molecule has 96 valence electrons. The van der Waals surface area contributed by atoms with Crippen molar-refractivity contribution in [3.8, 4) is 0 Å². The maximum Gasteiger partial charge on any atom is 0.308 e. The Hall–Kier alpha value is -1.10. The highest BCUT2D eigenvalue weighted by Crippen LogP contribution is 2.29. The van der Waals surface area contributed by atoms with Gasteiger partial charge >= 0.3 is 5.97 Å². The molecule has 2 rings (SSSR count). The molecule has 5 heteroatoms. The summed E-state index contributed by atoms with van der Waals surface area (Å²) in [5, 5.41) is 9.00. The summed E-state index contributed by atoms with van der Waals surface area (Å²) in [6.07, 6.45) is 3.06. The lowest BCUT2D eigenvalue weighted by Crippen LogP contribution is -2.51. The molecule has 1 N–H and O–H groups in total. The number of amides is 1. The van der Waals surface area contributed by atoms with Crippen molar-refractivity contribution in [2.24, 2.45) is 5.92 Å². The van der Waals surface area contributed by atoms with Crippen molar-refractivity contribution in [2.45, 2.75) is 38.2 Å². The lowest BCUT2D eigenvalue weighted by molar-refractivity contribution is -0.155. The van der Waals surface area contributed by atoms with E-state index in [0.29, 0.717) is 26.1 Å². The number of piperidine rings is 1. The molecule has 1 amide bonds. The van der Waals surface area contributed by atoms with Crippen LogP contribution in [-0.2, 0) is 14.3 Å². The predicted octanol–water partition coefficient (Wildman–Crippen LogP) is 0.879. The van der Waals surface area contributed by atoms with Crippen LogP contribution in [-0.4, -0.2) is 47.2 Å². The second-order valence-electron chi connectivity index (χ2n) is 5.11. The van der Waals surface area contributed by atoms with E-state index < -0.39 is 17.5 Å². The summed E-state index contributed by atoms with van der Waals surface area (Å²) < 4.78 is 5.51. The summed E-state index contributed by atoms with van der Waals surface area (Å²) in [5.41, 5.74) is -0.722. The Morgan fingerprint density at radius 3 is 2.76 bits per heavy atom. The minimum absolute atomic E-state index is 0.0408. The van der Waals surface area contributed by atoms with Crippen LogP contribution in [0.1, 0.15) is 32.6 Å². The highest BCUT2D eigenvalue weighted by Gasteiger charge is 2.42. The summed E-state index contributed by atoms with van der Waals surface area (Å²) in [6.45, 7) is 3.42. The molecule has 0 radical (unpaired) electrons. The van der Waals surface area contributed by atoms with Crippen LogP contribution in [0.25, 0.3) is 0 Å². The lowest BCUT2D eigenvalue weighted by atomic mass is 9.94. The van der Waals surface area contributed by atoms with E-state index in [-0.39, 0.29) is 5.91 Å². The van der Waals surface area contributed by atoms with Crippen LogP contribution in [0.5, 0.6) is 0 Å². The maximum absolute atomic E-state index is 12.3. The quantitative estimate of drug-likeness (QED) is 0.779. The van der Waals surface area contributed by atoms with Crippen molar-refractivity contribution in [3.05, 3.63) is 0 Å². The monoisotopic (exact) mass is 241 g/mol. The average molecular weight is 241 g/mol. The van der Waals surface area contributed by atoms with E-state index in [9.17, 15) is 9.59 Å². The molecule has 0 bridgehead atoms. The molecule has 0 aliphatic carbocycles. The van der Waals surface area contributed by atoms with Gasteiger partial charge in [-0.05, 0) is 32.6 Å². The van der Waals surface area contributed by atoms with Gasteiger partial charge in [0.15, 0.2) is 0 Å². The molecule has 0 saturated carbocycles. The molecule has 2 heterocycles. The number of aliphatic carboxylic acids is 1. The van der Waals surface area contributed by atoms with Crippen molar-refractivity contribution in [1.82, 2.24) is 4.90 Å². The van der Waals surface area contributed by atoms with E-state index in [2.05, 4.69) is 0 Å². The van der Waals surface area contributed by atoms with E-state index in [1.807, 2.05) is 6.92 Å². The van der Waals surface area contributed by atoms with Gasteiger partial charge in [0.2, 0.25) is 0 Å². The second kappa shape index (κ2) is 4.64. The van der Waals surface area contributed by atoms with Crippen molar-refractivity contribution in [1.29, 1.82) is 0 Å². The molecule has 2 atom stereocenters. The fourth-order valence-electron chi connectivity index (χ4n) is 2.65. The molecule has 2 saturated heterocycles. The van der Waals surface area contributed by atoms with Crippen LogP contribution in [0.4, 0.5) is 0 Å². The van der Waals surface area contributed by atoms with Gasteiger partial charge in [0, 0.05) is 19.7 Å². The first-order chi connectivity index (χ1) is 8.03. The standard InChI is InChI=1S/C12H19NO4/c1-12(5-3-7-17-12)11(16)13-6-2-4-9(8-13)10(14)15/h9H,2-8H2,1H3,(H,14,15). The summed E-state index contributed by atoms with van der Waals surface area (Å²) in [5.74, 6) is -1.27. The molecule has 2 aliphatic rings. The summed E-state index contributed by atoms with van der Waals surface area (Å²) in [7, 11) is 0. The molecule has 0 aromatic heterocycles. The number of carbonyl (C=O) groups excluding carboxylic acids is 1. The summed E-state index contributed by atoms with van der Waals surface area (Å²) >= 11 is 0. The Morgan fingerprint density at radius 1 is 1.41 bits per heavy atom. The van der Waals surface area contributed by atoms with E-state index in [1.54, 1.807) is 4.90 Å². The highest BCUT2D eigenvalue weighted by atomic mass is 16.5. The number of carboxylic acid groups (broad SMARTS) is 1. The first kappa shape index (κ1) is 12.4. The van der Waals surface area contributed by atoms with Crippen LogP contribution in [0.3, 0.4) is 0 Å². The highest BCUT2D eigenvalue weighted by molar-refractivity contribution is 5.85. The zero-order valence-corrected chi connectivity index (χ0v) is 10.1. The van der Waals surface area contributed by atoms with Crippen molar-refractivity contribution in [2.75, 3.05) is 19.7 Å². The van der Waals surface area contributed by atoms with Gasteiger partial charge in [0.25, 0.3) is 5.91 Å². The topological polar surface area (TPSA) is 66.8 Å². The Balaban J connectivity index is 2.01. The largest absolute Gasteiger partial charge is 0.481 e. The molecule has 2 aliphatic heterocycles. The Bertz CT molecular complexity index is 322. The van der Waals surface area contributed by atoms with Crippen LogP contribution in [0.2, 0.25) is 0 Å². The van der Waals surface area contributed by atoms with Gasteiger partial charge in [0.1, 0.15) is 5.60 Å². The third-order valence-electron chi connectivity index (χ3n) is 3.73. The zero-order chi connectivity index (χ0) is 12.5. The third kappa shape index (κ3) is 2.44. The molecule has 0 aromatic carbocycles. The summed E-state index contributed by atoms with van der Waals surface area (Å²) in [4.78, 5) is 24.9. The van der Waals surface area contributed by atoms with Crippen molar-refractivity contribution < 1.29 is 19.4 Å². The van der Waals surface area contributed by atoms with Gasteiger partial charge in [-0.3, -0.25) is 9.59 Å². The second-order valence-corrected chi connectivity index (χ2v) is 5.11. The predicted molar refractivity (Wildman–Crippen MR) is 60.5 cm³/mol. The Labute approximate surface area is 101 Å². The van der Waals surface area contributed by atoms with Crippen LogP contribution in [0, 0.1) is 5.92 Å². The molecule has 0 spiro atoms. The Kier molecular flexibility index (Phi) is 3.38. The average Bonchev–Trinajstić information content (AvgIpc) is 2.76. The third-order valence-corrected chi connectivity index (χ3v) is 3.73.